The molecule has 2 N–H and O–H groups in total. The first kappa shape index (κ1) is 23.6. The van der Waals surface area contributed by atoms with Crippen LogP contribution in [-0.2, 0) is 19.5 Å². The van der Waals surface area contributed by atoms with Gasteiger partial charge in [-0.15, -0.1) is 0 Å². The monoisotopic (exact) mass is 492 g/mol. The van der Waals surface area contributed by atoms with Crippen molar-refractivity contribution in [2.45, 2.75) is 0 Å². The Balaban J connectivity index is 2.71. The fourth-order valence-electron chi connectivity index (χ4n) is 1.64. The van der Waals surface area contributed by atoms with Crippen molar-refractivity contribution < 1.29 is 27.6 Å². The average molecular weight is 493 g/mol. The Labute approximate surface area is 164 Å². The summed E-state index contributed by atoms with van der Waals surface area (Å²) >= 11 is -0.600. The molecule has 0 spiro atoms. The van der Waals surface area contributed by atoms with E-state index in [1.165, 1.54) is 10.0 Å². The maximum atomic E-state index is 10.9. The second-order valence-corrected chi connectivity index (χ2v) is 19.8. The van der Waals surface area contributed by atoms with Gasteiger partial charge >= 0.3 is 165 Å². The van der Waals surface area contributed by atoms with Gasteiger partial charge in [-0.1, -0.05) is 0 Å². The van der Waals surface area contributed by atoms with E-state index in [-0.39, 0.29) is 5.75 Å². The number of benzene rings is 1. The van der Waals surface area contributed by atoms with E-state index in [2.05, 4.69) is 54.8 Å². The zero-order valence-corrected chi connectivity index (χ0v) is 19.3. The van der Waals surface area contributed by atoms with Crippen LogP contribution in [0.1, 0.15) is 0 Å². The fraction of sp³-hybridized carbons (Fsp3) is 0.538. The summed E-state index contributed by atoms with van der Waals surface area (Å²) in [6.07, 6.45) is 0. The van der Waals surface area contributed by atoms with Crippen molar-refractivity contribution in [3.05, 3.63) is 24.3 Å². The standard InChI is InChI=1S/C13H22AsNO6S4/c1-15(2,3)13-6-4-12(5-7-13)14(22-8-9-24-21-20-16)23-10-11-25(17,18)19/h4-7H,8-11H2,1-3H3,(H-,16,17,18,19)/p+1. The first-order valence-electron chi connectivity index (χ1n) is 7.16. The predicted molar refractivity (Wildman–Crippen MR) is 110 cm³/mol. The van der Waals surface area contributed by atoms with Crippen LogP contribution in [0, 0.1) is 0 Å². The van der Waals surface area contributed by atoms with Crippen molar-refractivity contribution in [1.82, 2.24) is 4.48 Å². The van der Waals surface area contributed by atoms with Gasteiger partial charge in [0.25, 0.3) is 0 Å². The van der Waals surface area contributed by atoms with E-state index in [1.807, 2.05) is 0 Å². The van der Waals surface area contributed by atoms with Gasteiger partial charge in [-0.25, -0.2) is 0 Å². The van der Waals surface area contributed by atoms with E-state index in [4.69, 9.17) is 9.81 Å². The van der Waals surface area contributed by atoms with E-state index in [0.717, 1.165) is 22.3 Å². The van der Waals surface area contributed by atoms with Gasteiger partial charge in [0.15, 0.2) is 0 Å². The van der Waals surface area contributed by atoms with Crippen molar-refractivity contribution >= 4 is 64.6 Å². The van der Waals surface area contributed by atoms with E-state index in [1.54, 1.807) is 20.0 Å². The molecule has 0 aliphatic rings. The third kappa shape index (κ3) is 10.5. The number of hydrogen-bond donors (Lipinski definition) is 2. The van der Waals surface area contributed by atoms with E-state index in [0.29, 0.717) is 11.5 Å². The summed E-state index contributed by atoms with van der Waals surface area (Å²) in [6, 6.07) is 8.40. The Hall–Kier alpha value is 0.578. The normalized spacial score (nSPS) is 13.8. The van der Waals surface area contributed by atoms with Crippen LogP contribution >= 0.6 is 32.1 Å². The van der Waals surface area contributed by atoms with Gasteiger partial charge in [-0.3, -0.25) is 0 Å². The molecule has 144 valence electrons. The van der Waals surface area contributed by atoms with Crippen LogP contribution < -0.4 is 8.83 Å². The van der Waals surface area contributed by atoms with Crippen molar-refractivity contribution in [3.8, 4) is 0 Å². The van der Waals surface area contributed by atoms with Crippen molar-refractivity contribution in [2.75, 3.05) is 44.2 Å². The van der Waals surface area contributed by atoms with Crippen LogP contribution in [0.25, 0.3) is 0 Å². The topological polar surface area (TPSA) is 93.1 Å². The molecular weight excluding hydrogens is 469 g/mol. The van der Waals surface area contributed by atoms with Crippen LogP contribution in [0.5, 0.6) is 0 Å². The quantitative estimate of drug-likeness (QED) is 0.0865. The molecule has 1 unspecified atom stereocenters. The molecule has 0 aromatic heterocycles. The predicted octanol–water partition coefficient (Wildman–Crippen LogP) is 2.00. The van der Waals surface area contributed by atoms with Crippen LogP contribution in [0.15, 0.2) is 24.3 Å². The average Bonchev–Trinajstić information content (AvgIpc) is 2.51. The molecule has 7 nitrogen and oxygen atoms in total. The summed E-state index contributed by atoms with van der Waals surface area (Å²) < 4.78 is 37.1. The zero-order chi connectivity index (χ0) is 18.9. The van der Waals surface area contributed by atoms with E-state index < -0.39 is 22.5 Å². The Morgan fingerprint density at radius 1 is 1.08 bits per heavy atom. The molecule has 0 bridgehead atoms. The van der Waals surface area contributed by atoms with Gasteiger partial charge in [0, 0.05) is 0 Å². The van der Waals surface area contributed by atoms with Crippen LogP contribution in [0.4, 0.5) is 5.69 Å². The van der Waals surface area contributed by atoms with Crippen LogP contribution in [0.3, 0.4) is 0 Å². The minimum atomic E-state index is -3.94. The fourth-order valence-corrected chi connectivity index (χ4v) is 17.0. The van der Waals surface area contributed by atoms with Gasteiger partial charge < -0.3 is 0 Å². The van der Waals surface area contributed by atoms with E-state index >= 15 is 0 Å². The van der Waals surface area contributed by atoms with Crippen LogP contribution in [-0.4, -0.2) is 74.7 Å². The molecule has 0 aliphatic carbocycles. The summed E-state index contributed by atoms with van der Waals surface area (Å²) in [5.74, 6) is 1.54. The second-order valence-electron chi connectivity index (χ2n) is 5.70. The van der Waals surface area contributed by atoms with Gasteiger partial charge in [-0.2, -0.15) is 0 Å². The molecule has 25 heavy (non-hydrogen) atoms. The summed E-state index contributed by atoms with van der Waals surface area (Å²) in [7, 11) is 5.75. The minimum absolute atomic E-state index is 0.239. The maximum absolute atomic E-state index is 10.9. The Morgan fingerprint density at radius 3 is 2.20 bits per heavy atom. The molecule has 0 amide bonds. The number of quaternary nitrogens is 1. The first-order chi connectivity index (χ1) is 11.6. The van der Waals surface area contributed by atoms with Crippen molar-refractivity contribution in [2.24, 2.45) is 0 Å². The molecule has 1 atom stereocenters. The third-order valence-electron chi connectivity index (χ3n) is 2.84. The summed E-state index contributed by atoms with van der Waals surface area (Å²) in [5.41, 5.74) is 1.19. The molecule has 1 rings (SSSR count). The number of nitrogens with zero attached hydrogens (tertiary/aromatic N) is 1. The molecule has 0 saturated carbocycles. The number of hydrogen-bond acceptors (Lipinski definition) is 8. The van der Waals surface area contributed by atoms with Gasteiger partial charge in [0.1, 0.15) is 0 Å². The van der Waals surface area contributed by atoms with Crippen molar-refractivity contribution in [1.29, 1.82) is 0 Å². The molecule has 1 aromatic rings. The van der Waals surface area contributed by atoms with Crippen LogP contribution in [0.2, 0.25) is 0 Å². The van der Waals surface area contributed by atoms with Gasteiger partial charge in [0.2, 0.25) is 0 Å². The molecule has 0 aliphatic heterocycles. The molecular formula is C13H23AsNO6S4+. The second kappa shape index (κ2) is 11.4. The Bertz CT molecular complexity index is 608. The first-order valence-corrected chi connectivity index (χ1v) is 17.1. The summed E-state index contributed by atoms with van der Waals surface area (Å²) in [6.45, 7) is 0. The third-order valence-corrected chi connectivity index (χ3v) is 18.1. The van der Waals surface area contributed by atoms with E-state index in [9.17, 15) is 8.42 Å². The molecule has 1 aromatic carbocycles. The molecule has 0 saturated heterocycles. The SMILES string of the molecule is C[N+](C)(C)c1ccc([As](SCCSOOO)SCCS(=O)(=O)O)cc1. The molecule has 0 fully saturated rings. The van der Waals surface area contributed by atoms with Gasteiger partial charge in [-0.05, 0) is 0 Å². The van der Waals surface area contributed by atoms with Crippen molar-refractivity contribution in [3.63, 3.8) is 0 Å². The Kier molecular flexibility index (Phi) is 10.8. The summed E-state index contributed by atoms with van der Waals surface area (Å²) in [4.78, 5) is 0. The number of rotatable bonds is 12. The Morgan fingerprint density at radius 2 is 1.68 bits per heavy atom. The molecule has 0 radical (unpaired) electrons. The van der Waals surface area contributed by atoms with Gasteiger partial charge in [0.05, 0.1) is 0 Å². The molecule has 12 heteroatoms. The summed E-state index contributed by atoms with van der Waals surface area (Å²) in [5, 5.41) is 11.7. The zero-order valence-electron chi connectivity index (χ0n) is 14.2. The molecule has 0 heterocycles.